The Bertz CT molecular complexity index is 1040. The fourth-order valence-corrected chi connectivity index (χ4v) is 3.73. The number of nitrogens with one attached hydrogen (secondary N) is 1. The van der Waals surface area contributed by atoms with Crippen molar-refractivity contribution in [3.63, 3.8) is 0 Å². The number of nitrogens with zero attached hydrogens (tertiary/aromatic N) is 4. The van der Waals surface area contributed by atoms with Crippen molar-refractivity contribution in [1.82, 2.24) is 24.6 Å². The smallest absolute Gasteiger partial charge is 0.243 e. The lowest BCUT2D eigenvalue weighted by Crippen LogP contribution is -2.34. The molecule has 4 rings (SSSR count). The second-order valence-electron chi connectivity index (χ2n) is 6.78. The van der Waals surface area contributed by atoms with Crippen LogP contribution in [0.2, 0.25) is 0 Å². The van der Waals surface area contributed by atoms with Gasteiger partial charge in [-0.25, -0.2) is 4.98 Å². The van der Waals surface area contributed by atoms with E-state index in [0.29, 0.717) is 17.8 Å². The maximum atomic E-state index is 13.0. The fourth-order valence-electron chi connectivity index (χ4n) is 3.73. The normalized spacial score (nSPS) is 17.2. The van der Waals surface area contributed by atoms with E-state index in [1.807, 2.05) is 41.5 Å². The third kappa shape index (κ3) is 2.79. The van der Waals surface area contributed by atoms with Crippen LogP contribution >= 0.6 is 0 Å². The van der Waals surface area contributed by atoms with E-state index in [1.54, 1.807) is 12.1 Å². The first kappa shape index (κ1) is 16.5. The summed E-state index contributed by atoms with van der Waals surface area (Å²) in [5.74, 6) is 1.45. The van der Waals surface area contributed by atoms with Crippen LogP contribution in [-0.4, -0.2) is 37.1 Å². The summed E-state index contributed by atoms with van der Waals surface area (Å²) in [5.41, 5.74) is 1.55. The quantitative estimate of drug-likeness (QED) is 0.783. The molecule has 26 heavy (non-hydrogen) atoms. The average molecular weight is 351 g/mol. The van der Waals surface area contributed by atoms with Crippen molar-refractivity contribution >= 4 is 16.8 Å². The molecule has 7 nitrogen and oxygen atoms in total. The topological polar surface area (TPSA) is 83.9 Å². The van der Waals surface area contributed by atoms with E-state index in [2.05, 4.69) is 15.2 Å². The van der Waals surface area contributed by atoms with Crippen LogP contribution in [-0.2, 0) is 11.3 Å². The second-order valence-corrected chi connectivity index (χ2v) is 6.78. The number of hydrogen-bond donors (Lipinski definition) is 1. The molecule has 7 heteroatoms. The lowest BCUT2D eigenvalue weighted by molar-refractivity contribution is -0.132. The summed E-state index contributed by atoms with van der Waals surface area (Å²) in [5, 5.41) is 7.73. The molecule has 1 saturated heterocycles. The maximum Gasteiger partial charge on any atom is 0.243 e. The van der Waals surface area contributed by atoms with Crippen LogP contribution in [0.4, 0.5) is 0 Å². The highest BCUT2D eigenvalue weighted by molar-refractivity contribution is 5.83. The van der Waals surface area contributed by atoms with E-state index in [0.717, 1.165) is 29.9 Å². The Labute approximate surface area is 150 Å². The highest BCUT2D eigenvalue weighted by atomic mass is 16.2. The zero-order chi connectivity index (χ0) is 18.3. The van der Waals surface area contributed by atoms with Gasteiger partial charge in [0.15, 0.2) is 11.3 Å². The lowest BCUT2D eigenvalue weighted by atomic mass is 10.1. The Hall–Kier alpha value is -2.96. The van der Waals surface area contributed by atoms with Gasteiger partial charge in [0.2, 0.25) is 5.91 Å². The summed E-state index contributed by atoms with van der Waals surface area (Å²) in [6.45, 7) is 4.62. The number of benzene rings is 1. The van der Waals surface area contributed by atoms with Crippen molar-refractivity contribution in [3.8, 4) is 0 Å². The van der Waals surface area contributed by atoms with E-state index in [-0.39, 0.29) is 23.9 Å². The molecular formula is C19H21N5O2. The number of aryl methyl sites for hydroxylation is 2. The predicted octanol–water partition coefficient (Wildman–Crippen LogP) is 2.10. The first-order chi connectivity index (χ1) is 12.5. The molecule has 0 aliphatic carbocycles. The number of fused-ring (bicyclic) bond motifs is 1. The van der Waals surface area contributed by atoms with E-state index in [4.69, 9.17) is 0 Å². The van der Waals surface area contributed by atoms with Gasteiger partial charge < -0.3 is 9.47 Å². The molecule has 3 heterocycles. The summed E-state index contributed by atoms with van der Waals surface area (Å²) < 4.78 is 1.91. The number of H-pyrrole nitrogens is 1. The molecule has 1 N–H and O–H groups in total. The molecule has 134 valence electrons. The molecule has 0 radical (unpaired) electrons. The van der Waals surface area contributed by atoms with Gasteiger partial charge in [0.05, 0.1) is 11.6 Å². The van der Waals surface area contributed by atoms with Crippen LogP contribution in [0.3, 0.4) is 0 Å². The minimum absolute atomic E-state index is 0.0166. The van der Waals surface area contributed by atoms with Gasteiger partial charge in [-0.05, 0) is 38.8 Å². The Morgan fingerprint density at radius 2 is 2.12 bits per heavy atom. The molecule has 1 aliphatic rings. The molecule has 1 amide bonds. The molecule has 3 aromatic rings. The average Bonchev–Trinajstić information content (AvgIpc) is 3.27. The summed E-state index contributed by atoms with van der Waals surface area (Å²) in [6.07, 6.45) is 1.81. The van der Waals surface area contributed by atoms with Gasteiger partial charge in [0, 0.05) is 23.7 Å². The number of hydrogen-bond acceptors (Lipinski definition) is 4. The van der Waals surface area contributed by atoms with Crippen LogP contribution in [0.5, 0.6) is 0 Å². The largest absolute Gasteiger partial charge is 0.335 e. The number of amides is 1. The number of aromatic amines is 1. The monoisotopic (exact) mass is 351 g/mol. The second kappa shape index (κ2) is 6.40. The molecule has 1 aromatic carbocycles. The van der Waals surface area contributed by atoms with Crippen molar-refractivity contribution in [2.75, 3.05) is 6.54 Å². The van der Waals surface area contributed by atoms with E-state index in [1.165, 1.54) is 0 Å². The van der Waals surface area contributed by atoms with Crippen LogP contribution in [0.25, 0.3) is 10.9 Å². The number of para-hydroxylation sites is 1. The zero-order valence-corrected chi connectivity index (χ0v) is 14.9. The SMILES string of the molecule is Cc1nc([C@@H]2CCCN2C(=O)Cn2c(C)cc(=O)c3ccccc32)n[nH]1. The van der Waals surface area contributed by atoms with Crippen molar-refractivity contribution in [1.29, 1.82) is 0 Å². The fraction of sp³-hybridized carbons (Fsp3) is 0.368. The number of pyridine rings is 1. The third-order valence-electron chi connectivity index (χ3n) is 5.01. The van der Waals surface area contributed by atoms with Gasteiger partial charge in [-0.15, -0.1) is 0 Å². The third-order valence-corrected chi connectivity index (χ3v) is 5.01. The number of carbonyl (C=O) groups is 1. The Morgan fingerprint density at radius 1 is 1.31 bits per heavy atom. The summed E-state index contributed by atoms with van der Waals surface area (Å²) in [7, 11) is 0. The van der Waals surface area contributed by atoms with Crippen LogP contribution in [0, 0.1) is 13.8 Å². The van der Waals surface area contributed by atoms with Gasteiger partial charge in [-0.1, -0.05) is 12.1 Å². The van der Waals surface area contributed by atoms with E-state index < -0.39 is 0 Å². The van der Waals surface area contributed by atoms with Gasteiger partial charge in [0.25, 0.3) is 0 Å². The maximum absolute atomic E-state index is 13.0. The molecule has 1 fully saturated rings. The van der Waals surface area contributed by atoms with Crippen molar-refractivity contribution in [3.05, 3.63) is 57.9 Å². The summed E-state index contributed by atoms with van der Waals surface area (Å²) >= 11 is 0. The standard InChI is InChI=1S/C19H21N5O2/c1-12-10-17(25)14-6-3-4-7-15(14)24(12)11-18(26)23-9-5-8-16(23)19-20-13(2)21-22-19/h3-4,6-7,10,16H,5,8-9,11H2,1-2H3,(H,20,21,22)/t16-/m0/s1. The number of rotatable bonds is 3. The molecule has 0 spiro atoms. The minimum Gasteiger partial charge on any atom is -0.335 e. The Kier molecular flexibility index (Phi) is 4.06. The first-order valence-corrected chi connectivity index (χ1v) is 8.82. The molecule has 0 bridgehead atoms. The Morgan fingerprint density at radius 3 is 2.88 bits per heavy atom. The van der Waals surface area contributed by atoms with Crippen molar-refractivity contribution < 1.29 is 4.79 Å². The summed E-state index contributed by atoms with van der Waals surface area (Å²) in [4.78, 5) is 31.5. The first-order valence-electron chi connectivity index (χ1n) is 8.82. The summed E-state index contributed by atoms with van der Waals surface area (Å²) in [6, 6.07) is 8.92. The van der Waals surface area contributed by atoms with E-state index in [9.17, 15) is 9.59 Å². The lowest BCUT2D eigenvalue weighted by Gasteiger charge is -2.24. The van der Waals surface area contributed by atoms with Gasteiger partial charge in [-0.2, -0.15) is 5.10 Å². The molecule has 2 aromatic heterocycles. The van der Waals surface area contributed by atoms with Crippen LogP contribution < -0.4 is 5.43 Å². The molecule has 1 aliphatic heterocycles. The van der Waals surface area contributed by atoms with Gasteiger partial charge in [-0.3, -0.25) is 14.7 Å². The predicted molar refractivity (Wildman–Crippen MR) is 97.8 cm³/mol. The molecule has 0 unspecified atom stereocenters. The highest BCUT2D eigenvalue weighted by Crippen LogP contribution is 2.30. The van der Waals surface area contributed by atoms with Crippen molar-refractivity contribution in [2.24, 2.45) is 0 Å². The highest BCUT2D eigenvalue weighted by Gasteiger charge is 2.32. The van der Waals surface area contributed by atoms with Gasteiger partial charge in [0.1, 0.15) is 12.4 Å². The zero-order valence-electron chi connectivity index (χ0n) is 14.9. The molecule has 1 atom stereocenters. The van der Waals surface area contributed by atoms with Gasteiger partial charge >= 0.3 is 0 Å². The number of likely N-dealkylation sites (tertiary alicyclic amines) is 1. The van der Waals surface area contributed by atoms with Crippen LogP contribution in [0.15, 0.2) is 35.1 Å². The minimum atomic E-state index is -0.0848. The van der Waals surface area contributed by atoms with Crippen molar-refractivity contribution in [2.45, 2.75) is 39.3 Å². The van der Waals surface area contributed by atoms with E-state index >= 15 is 0 Å². The molecule has 0 saturated carbocycles. The van der Waals surface area contributed by atoms with Crippen LogP contribution in [0.1, 0.15) is 36.2 Å². The molecular weight excluding hydrogens is 330 g/mol. The number of carbonyl (C=O) groups excluding carboxylic acids is 1. The Balaban J connectivity index is 1.66. The number of aromatic nitrogens is 4.